The van der Waals surface area contributed by atoms with Crippen molar-refractivity contribution in [3.63, 3.8) is 0 Å². The van der Waals surface area contributed by atoms with Crippen LogP contribution in [0.15, 0.2) is 22.7 Å². The molecular formula is C14H19BrFN. The molecule has 0 amide bonds. The van der Waals surface area contributed by atoms with Gasteiger partial charge in [-0.3, -0.25) is 0 Å². The second kappa shape index (κ2) is 4.97. The SMILES string of the molecule is CC1(C)CCCCC1Nc1ccc(F)cc1Br. The molecule has 17 heavy (non-hydrogen) atoms. The monoisotopic (exact) mass is 299 g/mol. The first-order chi connectivity index (χ1) is 7.99. The first kappa shape index (κ1) is 12.9. The molecule has 0 spiro atoms. The maximum atomic E-state index is 13.0. The van der Waals surface area contributed by atoms with Gasteiger partial charge in [-0.25, -0.2) is 4.39 Å². The highest BCUT2D eigenvalue weighted by molar-refractivity contribution is 9.10. The van der Waals surface area contributed by atoms with Crippen molar-refractivity contribution in [3.8, 4) is 0 Å². The highest BCUT2D eigenvalue weighted by Crippen LogP contribution is 2.38. The van der Waals surface area contributed by atoms with Crippen molar-refractivity contribution in [2.24, 2.45) is 5.41 Å². The Bertz CT molecular complexity index is 403. The number of benzene rings is 1. The third kappa shape index (κ3) is 3.01. The van der Waals surface area contributed by atoms with E-state index in [0.29, 0.717) is 11.5 Å². The van der Waals surface area contributed by atoms with Crippen molar-refractivity contribution in [3.05, 3.63) is 28.5 Å². The lowest BCUT2D eigenvalue weighted by Gasteiger charge is -2.39. The van der Waals surface area contributed by atoms with Crippen LogP contribution in [-0.4, -0.2) is 6.04 Å². The number of hydrogen-bond acceptors (Lipinski definition) is 1. The van der Waals surface area contributed by atoms with E-state index >= 15 is 0 Å². The Morgan fingerprint density at radius 1 is 1.35 bits per heavy atom. The molecule has 1 N–H and O–H groups in total. The van der Waals surface area contributed by atoms with Crippen LogP contribution in [0.3, 0.4) is 0 Å². The lowest BCUT2D eigenvalue weighted by molar-refractivity contribution is 0.217. The first-order valence-corrected chi connectivity index (χ1v) is 7.00. The fourth-order valence-corrected chi connectivity index (χ4v) is 3.02. The molecule has 1 atom stereocenters. The van der Waals surface area contributed by atoms with Gasteiger partial charge in [-0.15, -0.1) is 0 Å². The minimum atomic E-state index is -0.203. The summed E-state index contributed by atoms with van der Waals surface area (Å²) in [5.74, 6) is -0.203. The molecule has 1 unspecified atom stereocenters. The molecule has 1 nitrogen and oxygen atoms in total. The zero-order chi connectivity index (χ0) is 12.5. The van der Waals surface area contributed by atoms with E-state index in [1.165, 1.54) is 37.8 Å². The van der Waals surface area contributed by atoms with E-state index < -0.39 is 0 Å². The van der Waals surface area contributed by atoms with Crippen LogP contribution in [0.2, 0.25) is 0 Å². The Labute approximate surface area is 111 Å². The summed E-state index contributed by atoms with van der Waals surface area (Å²) in [6.07, 6.45) is 5.04. The highest BCUT2D eigenvalue weighted by Gasteiger charge is 2.32. The molecule has 0 saturated heterocycles. The van der Waals surface area contributed by atoms with Crippen LogP contribution in [0, 0.1) is 11.2 Å². The van der Waals surface area contributed by atoms with Crippen LogP contribution in [0.4, 0.5) is 10.1 Å². The lowest BCUT2D eigenvalue weighted by atomic mass is 9.73. The minimum absolute atomic E-state index is 0.203. The molecule has 0 bridgehead atoms. The molecular weight excluding hydrogens is 281 g/mol. The molecule has 1 aromatic carbocycles. The molecule has 1 saturated carbocycles. The van der Waals surface area contributed by atoms with Gasteiger partial charge in [-0.1, -0.05) is 26.7 Å². The molecule has 1 fully saturated rings. The number of rotatable bonds is 2. The van der Waals surface area contributed by atoms with Crippen LogP contribution in [0.1, 0.15) is 39.5 Å². The molecule has 1 aliphatic rings. The second-order valence-electron chi connectivity index (χ2n) is 5.56. The van der Waals surface area contributed by atoms with Crippen molar-refractivity contribution in [1.29, 1.82) is 0 Å². The summed E-state index contributed by atoms with van der Waals surface area (Å²) in [6.45, 7) is 4.61. The Kier molecular flexibility index (Phi) is 3.76. The van der Waals surface area contributed by atoms with Gasteiger partial charge < -0.3 is 5.32 Å². The molecule has 3 heteroatoms. The third-order valence-corrected chi connectivity index (χ3v) is 4.42. The summed E-state index contributed by atoms with van der Waals surface area (Å²) >= 11 is 3.41. The largest absolute Gasteiger partial charge is 0.381 e. The van der Waals surface area contributed by atoms with Crippen molar-refractivity contribution in [2.45, 2.75) is 45.6 Å². The van der Waals surface area contributed by atoms with E-state index in [4.69, 9.17) is 0 Å². The Morgan fingerprint density at radius 3 is 2.76 bits per heavy atom. The topological polar surface area (TPSA) is 12.0 Å². The molecule has 0 aromatic heterocycles. The van der Waals surface area contributed by atoms with Gasteiger partial charge in [0.05, 0.1) is 0 Å². The zero-order valence-corrected chi connectivity index (χ0v) is 12.0. The van der Waals surface area contributed by atoms with Crippen LogP contribution < -0.4 is 5.32 Å². The van der Waals surface area contributed by atoms with E-state index in [9.17, 15) is 4.39 Å². The van der Waals surface area contributed by atoms with Crippen molar-refractivity contribution >= 4 is 21.6 Å². The van der Waals surface area contributed by atoms with Gasteiger partial charge in [0, 0.05) is 16.2 Å². The van der Waals surface area contributed by atoms with Crippen molar-refractivity contribution < 1.29 is 4.39 Å². The standard InChI is InChI=1S/C14H19BrFN/c1-14(2)8-4-3-5-13(14)17-12-7-6-10(16)9-11(12)15/h6-7,9,13,17H,3-5,8H2,1-2H3. The second-order valence-corrected chi connectivity index (χ2v) is 6.41. The molecule has 1 aliphatic carbocycles. The van der Waals surface area contributed by atoms with E-state index in [2.05, 4.69) is 35.1 Å². The third-order valence-electron chi connectivity index (χ3n) is 3.77. The Hall–Kier alpha value is -0.570. The molecule has 2 rings (SSSR count). The summed E-state index contributed by atoms with van der Waals surface area (Å²) in [4.78, 5) is 0. The Morgan fingerprint density at radius 2 is 2.12 bits per heavy atom. The maximum absolute atomic E-state index is 13.0. The van der Waals surface area contributed by atoms with Gasteiger partial charge >= 0.3 is 0 Å². The van der Waals surface area contributed by atoms with E-state index in [1.807, 2.05) is 6.07 Å². The summed E-state index contributed by atoms with van der Waals surface area (Å²) < 4.78 is 13.8. The summed E-state index contributed by atoms with van der Waals surface area (Å²) in [5.41, 5.74) is 1.30. The minimum Gasteiger partial charge on any atom is -0.381 e. The maximum Gasteiger partial charge on any atom is 0.124 e. The van der Waals surface area contributed by atoms with Gasteiger partial charge in [0.1, 0.15) is 5.82 Å². The number of anilines is 1. The fraction of sp³-hybridized carbons (Fsp3) is 0.571. The summed E-state index contributed by atoms with van der Waals surface area (Å²) in [5, 5.41) is 3.55. The van der Waals surface area contributed by atoms with Gasteiger partial charge in [-0.05, 0) is 52.4 Å². The summed E-state index contributed by atoms with van der Waals surface area (Å²) in [7, 11) is 0. The van der Waals surface area contributed by atoms with E-state index in [1.54, 1.807) is 0 Å². The first-order valence-electron chi connectivity index (χ1n) is 6.21. The van der Waals surface area contributed by atoms with Gasteiger partial charge in [0.15, 0.2) is 0 Å². The quantitative estimate of drug-likeness (QED) is 0.813. The molecule has 94 valence electrons. The number of halogens is 2. The van der Waals surface area contributed by atoms with Crippen molar-refractivity contribution in [1.82, 2.24) is 0 Å². The molecule has 0 aliphatic heterocycles. The van der Waals surface area contributed by atoms with Crippen molar-refractivity contribution in [2.75, 3.05) is 5.32 Å². The predicted octanol–water partition coefficient (Wildman–Crippen LogP) is 4.97. The van der Waals surface area contributed by atoms with Crippen LogP contribution in [0.25, 0.3) is 0 Å². The van der Waals surface area contributed by atoms with Gasteiger partial charge in [-0.2, -0.15) is 0 Å². The zero-order valence-electron chi connectivity index (χ0n) is 10.4. The number of hydrogen-bond donors (Lipinski definition) is 1. The average molecular weight is 300 g/mol. The van der Waals surface area contributed by atoms with Crippen LogP contribution in [-0.2, 0) is 0 Å². The average Bonchev–Trinajstić information content (AvgIpc) is 2.24. The summed E-state index contributed by atoms with van der Waals surface area (Å²) in [6, 6.07) is 5.29. The van der Waals surface area contributed by atoms with Gasteiger partial charge in [0.2, 0.25) is 0 Å². The molecule has 0 radical (unpaired) electrons. The van der Waals surface area contributed by atoms with Crippen LogP contribution >= 0.6 is 15.9 Å². The smallest absolute Gasteiger partial charge is 0.124 e. The normalized spacial score (nSPS) is 23.4. The van der Waals surface area contributed by atoms with Crippen LogP contribution in [0.5, 0.6) is 0 Å². The number of nitrogens with one attached hydrogen (secondary N) is 1. The molecule has 1 aromatic rings. The highest BCUT2D eigenvalue weighted by atomic mass is 79.9. The van der Waals surface area contributed by atoms with E-state index in [0.717, 1.165) is 10.2 Å². The van der Waals surface area contributed by atoms with Gasteiger partial charge in [0.25, 0.3) is 0 Å². The Balaban J connectivity index is 2.14. The predicted molar refractivity (Wildman–Crippen MR) is 73.8 cm³/mol. The lowest BCUT2D eigenvalue weighted by Crippen LogP contribution is -2.38. The molecule has 0 heterocycles. The fourth-order valence-electron chi connectivity index (χ4n) is 2.56. The van der Waals surface area contributed by atoms with E-state index in [-0.39, 0.29) is 5.82 Å².